The van der Waals surface area contributed by atoms with Gasteiger partial charge in [-0.1, -0.05) is 71.1 Å². The van der Waals surface area contributed by atoms with Crippen molar-refractivity contribution in [1.82, 2.24) is 4.90 Å². The Morgan fingerprint density at radius 2 is 1.57 bits per heavy atom. The number of amides is 1. The zero-order valence-corrected chi connectivity index (χ0v) is 40.6. The van der Waals surface area contributed by atoms with Gasteiger partial charge in [-0.3, -0.25) is 19.2 Å². The topological polar surface area (TPSA) is 195 Å². The molecule has 2 saturated heterocycles. The van der Waals surface area contributed by atoms with E-state index in [0.29, 0.717) is 63.4 Å². The number of hydrogen-bond donors (Lipinski definition) is 3. The van der Waals surface area contributed by atoms with Gasteiger partial charge in [0, 0.05) is 58.5 Å². The summed E-state index contributed by atoms with van der Waals surface area (Å²) in [4.78, 5) is 71.8. The van der Waals surface area contributed by atoms with Crippen LogP contribution >= 0.6 is 0 Å². The van der Waals surface area contributed by atoms with E-state index in [2.05, 4.69) is 0 Å². The zero-order valence-electron chi connectivity index (χ0n) is 40.6. The molecule has 0 spiro atoms. The predicted molar refractivity (Wildman–Crippen MR) is 245 cm³/mol. The summed E-state index contributed by atoms with van der Waals surface area (Å²) >= 11 is 0. The molecule has 1 aliphatic carbocycles. The first kappa shape index (κ1) is 54.2. The summed E-state index contributed by atoms with van der Waals surface area (Å²) in [6, 6.07) is -1.14. The fourth-order valence-electron chi connectivity index (χ4n) is 10.1. The smallest absolute Gasteiger partial charge is 0.329 e. The molecule has 2 bridgehead atoms. The van der Waals surface area contributed by atoms with Crippen molar-refractivity contribution < 1.29 is 63.0 Å². The van der Waals surface area contributed by atoms with Crippen LogP contribution in [0.25, 0.3) is 0 Å². The van der Waals surface area contributed by atoms with E-state index in [0.717, 1.165) is 12.0 Å². The Morgan fingerprint density at radius 3 is 2.25 bits per heavy atom. The quantitative estimate of drug-likeness (QED) is 0.156. The number of hydrogen-bond acceptors (Lipinski definition) is 13. The van der Waals surface area contributed by atoms with Crippen LogP contribution in [0.2, 0.25) is 0 Å². The van der Waals surface area contributed by atoms with Crippen molar-refractivity contribution in [2.75, 3.05) is 27.9 Å². The molecule has 14 heteroatoms. The lowest BCUT2D eigenvalue weighted by Gasteiger charge is -2.42. The number of cyclic esters (lactones) is 1. The largest absolute Gasteiger partial charge is 0.460 e. The molecule has 1 amide bonds. The minimum Gasteiger partial charge on any atom is -0.460 e. The summed E-state index contributed by atoms with van der Waals surface area (Å²) in [7, 11) is 4.52. The lowest BCUT2D eigenvalue weighted by molar-refractivity contribution is -0.265. The number of piperidine rings is 1. The van der Waals surface area contributed by atoms with E-state index in [-0.39, 0.29) is 54.8 Å². The molecule has 4 rings (SSSR count). The third-order valence-electron chi connectivity index (χ3n) is 14.5. The molecule has 0 aromatic heterocycles. The highest BCUT2D eigenvalue weighted by molar-refractivity contribution is 6.39. The lowest BCUT2D eigenvalue weighted by atomic mass is 9.78. The van der Waals surface area contributed by atoms with Crippen LogP contribution in [-0.2, 0) is 47.7 Å². The normalized spacial score (nSPS) is 40.4. The number of methoxy groups -OCH3 is 3. The molecule has 0 radical (unpaired) electrons. The number of rotatable bonds is 6. The fraction of sp³-hybridized carbons (Fsp3) is 0.745. The molecule has 3 heterocycles. The van der Waals surface area contributed by atoms with Gasteiger partial charge in [-0.2, -0.15) is 0 Å². The van der Waals surface area contributed by atoms with Crippen LogP contribution < -0.4 is 0 Å². The number of allylic oxidation sites excluding steroid dienone is 6. The molecule has 15 atom stereocenters. The van der Waals surface area contributed by atoms with Gasteiger partial charge in [0.2, 0.25) is 5.79 Å². The van der Waals surface area contributed by atoms with Crippen LogP contribution in [0.3, 0.4) is 0 Å². The maximum Gasteiger partial charge on any atom is 0.329 e. The maximum absolute atomic E-state index is 14.4. The number of aliphatic hydroxyl groups is 3. The van der Waals surface area contributed by atoms with E-state index in [1.165, 1.54) is 12.0 Å². The second-order valence-corrected chi connectivity index (χ2v) is 19.6. The number of ether oxygens (including phenoxy) is 5. The van der Waals surface area contributed by atoms with E-state index in [1.54, 1.807) is 41.1 Å². The standard InChI is InChI=1S/C51H79NO13/c1-30-16-12-11-13-17-31(2)42(61-8)28-38-21-19-36(7)51(60,65-38)48(57)49(58)52-23-15-14-18-39(52)50(59)64-43(33(4)26-37-20-22-40(53)44(27-37)62-9)29-41(54)32(3)25-35(6)46(56)47(63-10)45(55)34(5)24-30/h11-13,16-17,25,30,32-34,36-40,42-44,46-47,53,56,60H,14-15,18-24,26-29H2,1-10H3/b13-11+,16-12+,31-17+,35-25+/t30-,32?,33-,34-,36-,37+,38?,39+,40-,42?,43?,44-,46-,47+,51-/m1/s1. The summed E-state index contributed by atoms with van der Waals surface area (Å²) in [5.41, 5.74) is 1.27. The minimum atomic E-state index is -2.43. The van der Waals surface area contributed by atoms with E-state index in [4.69, 9.17) is 23.7 Å². The third kappa shape index (κ3) is 14.3. The second-order valence-electron chi connectivity index (χ2n) is 19.6. The van der Waals surface area contributed by atoms with Crippen molar-refractivity contribution in [3.63, 3.8) is 0 Å². The molecular weight excluding hydrogens is 835 g/mol. The van der Waals surface area contributed by atoms with Crippen molar-refractivity contribution in [3.8, 4) is 0 Å². The van der Waals surface area contributed by atoms with Gasteiger partial charge < -0.3 is 43.9 Å². The van der Waals surface area contributed by atoms with Crippen molar-refractivity contribution in [2.24, 2.45) is 35.5 Å². The third-order valence-corrected chi connectivity index (χ3v) is 14.5. The average molecular weight is 914 g/mol. The Balaban J connectivity index is 1.70. The highest BCUT2D eigenvalue weighted by atomic mass is 16.6. The number of carbonyl (C=O) groups excluding carboxylic acids is 5. The molecule has 3 fully saturated rings. The van der Waals surface area contributed by atoms with Crippen LogP contribution in [0.4, 0.5) is 0 Å². The van der Waals surface area contributed by atoms with Crippen LogP contribution in [0.1, 0.15) is 126 Å². The highest BCUT2D eigenvalue weighted by Gasteiger charge is 2.53. The highest BCUT2D eigenvalue weighted by Crippen LogP contribution is 2.38. The minimum absolute atomic E-state index is 0.0193. The van der Waals surface area contributed by atoms with Gasteiger partial charge >= 0.3 is 5.97 Å². The molecule has 65 heavy (non-hydrogen) atoms. The number of aliphatic hydroxyl groups excluding tert-OH is 2. The number of carbonyl (C=O) groups is 5. The molecule has 0 aromatic rings. The molecule has 0 aromatic carbocycles. The van der Waals surface area contributed by atoms with Crippen LogP contribution in [0.5, 0.6) is 0 Å². The molecule has 4 aliphatic rings. The van der Waals surface area contributed by atoms with Crippen molar-refractivity contribution >= 4 is 29.2 Å². The van der Waals surface area contributed by atoms with Crippen LogP contribution in [-0.4, -0.2) is 132 Å². The SMILES string of the molecule is COC1CC2CC[C@@H](C)[C@@](O)(O2)C(=O)C(=O)N2CCCC[C@H]2C(=O)OC([C@H](C)C[C@@H]2CC[C@@H](O)[C@H](OC)C2)CC(=O)C(C)/C=C(\C)[C@@H](O)[C@@H](OC)C(=O)[C@H](C)C[C@H](C)/C=C/C=C/C=C/1C. The van der Waals surface area contributed by atoms with Gasteiger partial charge in [-0.05, 0) is 107 Å². The summed E-state index contributed by atoms with van der Waals surface area (Å²) in [5.74, 6) is -7.96. The monoisotopic (exact) mass is 914 g/mol. The van der Waals surface area contributed by atoms with E-state index in [9.17, 15) is 39.3 Å². The summed E-state index contributed by atoms with van der Waals surface area (Å²) < 4.78 is 29.4. The number of Topliss-reactive ketones (excluding diaryl/α,β-unsaturated/α-hetero) is 3. The summed E-state index contributed by atoms with van der Waals surface area (Å²) in [5, 5.41) is 33.8. The Labute approximate surface area is 387 Å². The lowest BCUT2D eigenvalue weighted by Crippen LogP contribution is -2.61. The van der Waals surface area contributed by atoms with Gasteiger partial charge in [0.1, 0.15) is 30.1 Å². The summed E-state index contributed by atoms with van der Waals surface area (Å²) in [6.45, 7) is 12.7. The first-order chi connectivity index (χ1) is 30.7. The zero-order chi connectivity index (χ0) is 48.2. The number of fused-ring (bicyclic) bond motifs is 3. The van der Waals surface area contributed by atoms with Gasteiger partial charge in [0.25, 0.3) is 11.7 Å². The molecule has 1 saturated carbocycles. The first-order valence-corrected chi connectivity index (χ1v) is 23.9. The average Bonchev–Trinajstić information content (AvgIpc) is 3.28. The second kappa shape index (κ2) is 25.1. The Bertz CT molecular complexity index is 1760. The number of esters is 1. The van der Waals surface area contributed by atoms with E-state index < -0.39 is 83.9 Å². The molecule has 366 valence electrons. The van der Waals surface area contributed by atoms with Gasteiger partial charge in [-0.15, -0.1) is 0 Å². The first-order valence-electron chi connectivity index (χ1n) is 23.9. The number of nitrogens with zero attached hydrogens (tertiary/aromatic N) is 1. The summed E-state index contributed by atoms with van der Waals surface area (Å²) in [6.07, 6.45) is 11.2. The van der Waals surface area contributed by atoms with Crippen molar-refractivity contribution in [3.05, 3.63) is 47.6 Å². The van der Waals surface area contributed by atoms with Crippen molar-refractivity contribution in [1.29, 1.82) is 0 Å². The van der Waals surface area contributed by atoms with Gasteiger partial charge in [-0.25, -0.2) is 4.79 Å². The predicted octanol–water partition coefficient (Wildman–Crippen LogP) is 6.18. The Morgan fingerprint density at radius 1 is 0.846 bits per heavy atom. The molecular formula is C51H79NO13. The van der Waals surface area contributed by atoms with E-state index >= 15 is 0 Å². The van der Waals surface area contributed by atoms with E-state index in [1.807, 2.05) is 58.1 Å². The van der Waals surface area contributed by atoms with Gasteiger partial charge in [0.15, 0.2) is 5.78 Å². The van der Waals surface area contributed by atoms with Crippen LogP contribution in [0.15, 0.2) is 47.6 Å². The Kier molecular flexibility index (Phi) is 21.0. The van der Waals surface area contributed by atoms with Crippen LogP contribution in [0, 0.1) is 35.5 Å². The molecule has 14 nitrogen and oxygen atoms in total. The molecule has 3 aliphatic heterocycles. The molecule has 3 N–H and O–H groups in total. The maximum atomic E-state index is 14.4. The Hall–Kier alpha value is -3.37. The van der Waals surface area contributed by atoms with Gasteiger partial charge in [0.05, 0.1) is 24.4 Å². The molecule has 4 unspecified atom stereocenters. The fourth-order valence-corrected chi connectivity index (χ4v) is 10.1. The number of ketones is 3. The van der Waals surface area contributed by atoms with Crippen molar-refractivity contribution in [2.45, 2.75) is 180 Å².